The summed E-state index contributed by atoms with van der Waals surface area (Å²) in [5.41, 5.74) is 3.54. The number of benzene rings is 1. The lowest BCUT2D eigenvalue weighted by atomic mass is 10.1. The van der Waals surface area contributed by atoms with Crippen LogP contribution in [0.2, 0.25) is 0 Å². The van der Waals surface area contributed by atoms with Gasteiger partial charge in [-0.3, -0.25) is 4.68 Å². The summed E-state index contributed by atoms with van der Waals surface area (Å²) in [7, 11) is 3.91. The monoisotopic (exact) mass is 272 g/mol. The smallest absolute Gasteiger partial charge is 0.340 e. The second-order valence-corrected chi connectivity index (χ2v) is 4.77. The Morgan fingerprint density at radius 1 is 1.25 bits per heavy atom. The predicted molar refractivity (Wildman–Crippen MR) is 80.6 cm³/mol. The van der Waals surface area contributed by atoms with Crippen LogP contribution in [0.5, 0.6) is 0 Å². The lowest BCUT2D eigenvalue weighted by Gasteiger charge is -2.20. The van der Waals surface area contributed by atoms with E-state index in [1.165, 1.54) is 0 Å². The topological polar surface area (TPSA) is 34.5 Å². The number of esters is 1. The van der Waals surface area contributed by atoms with Crippen LogP contribution in [0.25, 0.3) is 11.3 Å². The fourth-order valence-corrected chi connectivity index (χ4v) is 2.34. The van der Waals surface area contributed by atoms with Crippen molar-refractivity contribution >= 4 is 5.97 Å². The fraction of sp³-hybridized carbons (Fsp3) is 0.312. The van der Waals surface area contributed by atoms with Gasteiger partial charge in [0.1, 0.15) is 0 Å². The van der Waals surface area contributed by atoms with Gasteiger partial charge in [0, 0.05) is 19.7 Å². The van der Waals surface area contributed by atoms with Gasteiger partial charge in [0.05, 0.1) is 23.6 Å². The maximum atomic E-state index is 12.0. The number of rotatable bonds is 4. The molecule has 0 radical (unpaired) electrons. The molecule has 0 amide bonds. The van der Waals surface area contributed by atoms with Crippen LogP contribution < -0.4 is 5.01 Å². The molecule has 2 rings (SSSR count). The molecule has 4 nitrogen and oxygen atoms in total. The summed E-state index contributed by atoms with van der Waals surface area (Å²) < 4.78 is 7.14. The van der Waals surface area contributed by atoms with E-state index in [9.17, 15) is 4.79 Å². The molecule has 0 spiro atoms. The zero-order valence-electron chi connectivity index (χ0n) is 12.4. The second-order valence-electron chi connectivity index (χ2n) is 4.77. The van der Waals surface area contributed by atoms with Crippen LogP contribution in [0.15, 0.2) is 36.4 Å². The van der Waals surface area contributed by atoms with Gasteiger partial charge in [-0.25, -0.2) is 4.79 Å². The number of carbonyl (C=O) groups excluding carboxylic acids is 1. The SMILES string of the molecule is CCOC(=O)c1cc(-c2ccccc2)n(N(C)C)c1C. The van der Waals surface area contributed by atoms with Crippen molar-refractivity contribution in [3.63, 3.8) is 0 Å². The highest BCUT2D eigenvalue weighted by molar-refractivity contribution is 5.92. The number of hydrogen-bond acceptors (Lipinski definition) is 3. The number of carbonyl (C=O) groups is 1. The predicted octanol–water partition coefficient (Wildman–Crippen LogP) is 2.84. The minimum Gasteiger partial charge on any atom is -0.462 e. The van der Waals surface area contributed by atoms with Crippen molar-refractivity contribution in [3.05, 3.63) is 47.7 Å². The summed E-state index contributed by atoms with van der Waals surface area (Å²) in [5, 5.41) is 1.96. The lowest BCUT2D eigenvalue weighted by molar-refractivity contribution is 0.0525. The summed E-state index contributed by atoms with van der Waals surface area (Å²) >= 11 is 0. The molecule has 0 aliphatic heterocycles. The van der Waals surface area contributed by atoms with Crippen LogP contribution in [0.1, 0.15) is 23.0 Å². The molecule has 0 bridgehead atoms. The molecule has 0 N–H and O–H groups in total. The largest absolute Gasteiger partial charge is 0.462 e. The highest BCUT2D eigenvalue weighted by Gasteiger charge is 2.20. The Balaban J connectivity index is 2.57. The molecule has 106 valence electrons. The molecule has 0 saturated carbocycles. The first-order valence-corrected chi connectivity index (χ1v) is 6.68. The Kier molecular flexibility index (Phi) is 4.13. The number of nitrogens with zero attached hydrogens (tertiary/aromatic N) is 2. The third kappa shape index (κ3) is 2.54. The molecule has 1 heterocycles. The van der Waals surface area contributed by atoms with Gasteiger partial charge in [-0.05, 0) is 19.9 Å². The first-order chi connectivity index (χ1) is 9.56. The minimum atomic E-state index is -0.275. The highest BCUT2D eigenvalue weighted by atomic mass is 16.5. The molecule has 4 heteroatoms. The Labute approximate surface area is 119 Å². The van der Waals surface area contributed by atoms with Crippen LogP contribution in [-0.2, 0) is 4.74 Å². The van der Waals surface area contributed by atoms with Gasteiger partial charge in [0.25, 0.3) is 0 Å². The molecule has 0 unspecified atom stereocenters. The molecule has 1 aromatic heterocycles. The average Bonchev–Trinajstić information content (AvgIpc) is 2.78. The van der Waals surface area contributed by atoms with Crippen LogP contribution in [0.4, 0.5) is 0 Å². The van der Waals surface area contributed by atoms with Gasteiger partial charge < -0.3 is 9.75 Å². The summed E-state index contributed by atoms with van der Waals surface area (Å²) in [5.74, 6) is -0.275. The quantitative estimate of drug-likeness (QED) is 0.803. The summed E-state index contributed by atoms with van der Waals surface area (Å²) in [6, 6.07) is 11.9. The van der Waals surface area contributed by atoms with Gasteiger partial charge in [-0.1, -0.05) is 30.3 Å². The Morgan fingerprint density at radius 2 is 1.90 bits per heavy atom. The molecular formula is C16H20N2O2. The van der Waals surface area contributed by atoms with E-state index in [0.717, 1.165) is 17.0 Å². The van der Waals surface area contributed by atoms with Crippen molar-refractivity contribution in [3.8, 4) is 11.3 Å². The fourth-order valence-electron chi connectivity index (χ4n) is 2.34. The molecule has 0 aliphatic carbocycles. The Bertz CT molecular complexity index is 600. The Morgan fingerprint density at radius 3 is 2.45 bits per heavy atom. The van der Waals surface area contributed by atoms with Crippen LogP contribution in [0, 0.1) is 6.92 Å². The van der Waals surface area contributed by atoms with Gasteiger partial charge in [0.2, 0.25) is 0 Å². The second kappa shape index (κ2) is 5.82. The van der Waals surface area contributed by atoms with Crippen molar-refractivity contribution in [1.29, 1.82) is 0 Å². The van der Waals surface area contributed by atoms with E-state index in [2.05, 4.69) is 0 Å². The molecule has 0 fully saturated rings. The molecule has 2 aromatic rings. The van der Waals surface area contributed by atoms with Crippen molar-refractivity contribution in [2.24, 2.45) is 0 Å². The lowest BCUT2D eigenvalue weighted by Crippen LogP contribution is -2.27. The third-order valence-electron chi connectivity index (χ3n) is 3.18. The zero-order valence-corrected chi connectivity index (χ0v) is 12.4. The maximum Gasteiger partial charge on any atom is 0.340 e. The average molecular weight is 272 g/mol. The van der Waals surface area contributed by atoms with Crippen molar-refractivity contribution in [2.75, 3.05) is 25.7 Å². The van der Waals surface area contributed by atoms with Crippen LogP contribution >= 0.6 is 0 Å². The van der Waals surface area contributed by atoms with Gasteiger partial charge in [-0.2, -0.15) is 0 Å². The van der Waals surface area contributed by atoms with Gasteiger partial charge in [0.15, 0.2) is 0 Å². The van der Waals surface area contributed by atoms with E-state index in [0.29, 0.717) is 12.2 Å². The van der Waals surface area contributed by atoms with E-state index >= 15 is 0 Å². The summed E-state index contributed by atoms with van der Waals surface area (Å²) in [6.07, 6.45) is 0. The first kappa shape index (κ1) is 14.2. The molecule has 1 aromatic carbocycles. The summed E-state index contributed by atoms with van der Waals surface area (Å²) in [4.78, 5) is 12.0. The molecule has 0 aliphatic rings. The van der Waals surface area contributed by atoms with Gasteiger partial charge >= 0.3 is 5.97 Å². The van der Waals surface area contributed by atoms with E-state index in [1.54, 1.807) is 0 Å². The van der Waals surface area contributed by atoms with E-state index in [-0.39, 0.29) is 5.97 Å². The number of aromatic nitrogens is 1. The van der Waals surface area contributed by atoms with Gasteiger partial charge in [-0.15, -0.1) is 0 Å². The van der Waals surface area contributed by atoms with E-state index in [4.69, 9.17) is 4.74 Å². The standard InChI is InChI=1S/C16H20N2O2/c1-5-20-16(19)14-11-15(13-9-7-6-8-10-13)18(12(14)2)17(3)4/h6-11H,5H2,1-4H3. The first-order valence-electron chi connectivity index (χ1n) is 6.68. The third-order valence-corrected chi connectivity index (χ3v) is 3.18. The van der Waals surface area contributed by atoms with Crippen LogP contribution in [-0.4, -0.2) is 31.3 Å². The van der Waals surface area contributed by atoms with Crippen LogP contribution in [0.3, 0.4) is 0 Å². The van der Waals surface area contributed by atoms with Crippen molar-refractivity contribution in [2.45, 2.75) is 13.8 Å². The zero-order chi connectivity index (χ0) is 14.7. The minimum absolute atomic E-state index is 0.275. The molecule has 0 atom stereocenters. The highest BCUT2D eigenvalue weighted by Crippen LogP contribution is 2.26. The van der Waals surface area contributed by atoms with Crippen molar-refractivity contribution in [1.82, 2.24) is 4.68 Å². The number of ether oxygens (including phenoxy) is 1. The van der Waals surface area contributed by atoms with Crippen molar-refractivity contribution < 1.29 is 9.53 Å². The normalized spacial score (nSPS) is 10.4. The molecule has 0 saturated heterocycles. The number of hydrogen-bond donors (Lipinski definition) is 0. The molecule has 20 heavy (non-hydrogen) atoms. The Hall–Kier alpha value is -2.23. The van der Waals surface area contributed by atoms with E-state index < -0.39 is 0 Å². The summed E-state index contributed by atoms with van der Waals surface area (Å²) in [6.45, 7) is 4.12. The maximum absolute atomic E-state index is 12.0. The molecular weight excluding hydrogens is 252 g/mol. The van der Waals surface area contributed by atoms with E-state index in [1.807, 2.05) is 74.0 Å².